The Morgan fingerprint density at radius 1 is 1.14 bits per heavy atom. The molecule has 0 aliphatic rings. The normalized spacial score (nSPS) is 11.5. The van der Waals surface area contributed by atoms with Gasteiger partial charge in [-0.25, -0.2) is 0 Å². The number of rotatable bonds is 7. The fourth-order valence-electron chi connectivity index (χ4n) is 1.77. The van der Waals surface area contributed by atoms with E-state index < -0.39 is 6.10 Å². The largest absolute Gasteiger partial charge is 0.481 e. The summed E-state index contributed by atoms with van der Waals surface area (Å²) >= 11 is 0. The lowest BCUT2D eigenvalue weighted by Crippen LogP contribution is -2.38. The van der Waals surface area contributed by atoms with Crippen LogP contribution in [0.5, 0.6) is 5.75 Å². The minimum Gasteiger partial charge on any atom is -0.481 e. The number of amides is 1. The third-order valence-electron chi connectivity index (χ3n) is 2.95. The number of nitrogens with zero attached hydrogens (tertiary/aromatic N) is 2. The predicted molar refractivity (Wildman–Crippen MR) is 84.8 cm³/mol. The molecule has 0 fully saturated rings. The predicted octanol–water partition coefficient (Wildman–Crippen LogP) is 1.78. The van der Waals surface area contributed by atoms with E-state index in [1.807, 2.05) is 49.4 Å². The molecular formula is C16H20N4O2. The summed E-state index contributed by atoms with van der Waals surface area (Å²) in [4.78, 5) is 11.9. The Bertz CT molecular complexity index is 587. The van der Waals surface area contributed by atoms with Gasteiger partial charge >= 0.3 is 0 Å². The molecule has 0 bridgehead atoms. The van der Waals surface area contributed by atoms with Crippen LogP contribution in [0.1, 0.15) is 12.6 Å². The van der Waals surface area contributed by atoms with Crippen molar-refractivity contribution in [2.75, 3.05) is 18.4 Å². The van der Waals surface area contributed by atoms with Crippen LogP contribution in [-0.4, -0.2) is 35.3 Å². The molecule has 1 aromatic carbocycles. The molecule has 1 aromatic heterocycles. The summed E-state index contributed by atoms with van der Waals surface area (Å²) in [5.74, 6) is 1.22. The molecular weight excluding hydrogens is 280 g/mol. The van der Waals surface area contributed by atoms with E-state index in [4.69, 9.17) is 4.74 Å². The Morgan fingerprint density at radius 3 is 2.59 bits per heavy atom. The van der Waals surface area contributed by atoms with Gasteiger partial charge in [-0.3, -0.25) is 4.79 Å². The standard InChI is InChI=1S/C16H20N4O2/c1-12-8-9-15(20-19-12)17-10-11-18-16(21)13(2)22-14-6-4-3-5-7-14/h3-9,13H,10-11H2,1-2H3,(H,17,20)(H,18,21)/t13-/m1/s1. The van der Waals surface area contributed by atoms with Gasteiger partial charge in [0.25, 0.3) is 5.91 Å². The van der Waals surface area contributed by atoms with Crippen LogP contribution in [-0.2, 0) is 4.79 Å². The third kappa shape index (κ3) is 5.05. The second kappa shape index (κ2) is 7.97. The first-order valence-corrected chi connectivity index (χ1v) is 7.19. The summed E-state index contributed by atoms with van der Waals surface area (Å²) in [6, 6.07) is 13.0. The van der Waals surface area contributed by atoms with Gasteiger partial charge in [0.2, 0.25) is 0 Å². The van der Waals surface area contributed by atoms with Crippen molar-refractivity contribution in [3.8, 4) is 5.75 Å². The molecule has 116 valence electrons. The van der Waals surface area contributed by atoms with Gasteiger partial charge in [0.1, 0.15) is 11.6 Å². The lowest BCUT2D eigenvalue weighted by Gasteiger charge is -2.14. The second-order valence-corrected chi connectivity index (χ2v) is 4.85. The molecule has 0 unspecified atom stereocenters. The molecule has 2 aromatic rings. The number of aromatic nitrogens is 2. The molecule has 22 heavy (non-hydrogen) atoms. The lowest BCUT2D eigenvalue weighted by atomic mass is 10.3. The van der Waals surface area contributed by atoms with E-state index in [-0.39, 0.29) is 5.91 Å². The highest BCUT2D eigenvalue weighted by molar-refractivity contribution is 5.80. The third-order valence-corrected chi connectivity index (χ3v) is 2.95. The topological polar surface area (TPSA) is 76.1 Å². The Morgan fingerprint density at radius 2 is 1.91 bits per heavy atom. The Kier molecular flexibility index (Phi) is 5.71. The van der Waals surface area contributed by atoms with E-state index >= 15 is 0 Å². The van der Waals surface area contributed by atoms with Crippen molar-refractivity contribution in [3.05, 3.63) is 48.2 Å². The Labute approximate surface area is 129 Å². The van der Waals surface area contributed by atoms with Crippen molar-refractivity contribution in [2.45, 2.75) is 20.0 Å². The molecule has 0 aliphatic carbocycles. The van der Waals surface area contributed by atoms with Crippen LogP contribution in [0.15, 0.2) is 42.5 Å². The van der Waals surface area contributed by atoms with Crippen molar-refractivity contribution < 1.29 is 9.53 Å². The zero-order chi connectivity index (χ0) is 15.8. The van der Waals surface area contributed by atoms with Crippen LogP contribution >= 0.6 is 0 Å². The number of anilines is 1. The molecule has 0 aliphatic heterocycles. The number of carbonyl (C=O) groups is 1. The molecule has 0 saturated heterocycles. The number of carbonyl (C=O) groups excluding carboxylic acids is 1. The van der Waals surface area contributed by atoms with E-state index in [2.05, 4.69) is 20.8 Å². The number of hydrogen-bond donors (Lipinski definition) is 2. The summed E-state index contributed by atoms with van der Waals surface area (Å²) in [5, 5.41) is 13.8. The van der Waals surface area contributed by atoms with Crippen LogP contribution < -0.4 is 15.4 Å². The van der Waals surface area contributed by atoms with Gasteiger partial charge in [0, 0.05) is 13.1 Å². The highest BCUT2D eigenvalue weighted by atomic mass is 16.5. The molecule has 1 amide bonds. The number of nitrogens with one attached hydrogen (secondary N) is 2. The van der Waals surface area contributed by atoms with Crippen LogP contribution in [0.3, 0.4) is 0 Å². The van der Waals surface area contributed by atoms with E-state index in [0.29, 0.717) is 24.7 Å². The van der Waals surface area contributed by atoms with Gasteiger partial charge < -0.3 is 15.4 Å². The molecule has 2 N–H and O–H groups in total. The molecule has 2 rings (SSSR count). The molecule has 1 atom stereocenters. The van der Waals surface area contributed by atoms with Crippen molar-refractivity contribution in [3.63, 3.8) is 0 Å². The minimum atomic E-state index is -0.540. The molecule has 6 heteroatoms. The molecule has 0 spiro atoms. The van der Waals surface area contributed by atoms with Crippen LogP contribution in [0.2, 0.25) is 0 Å². The summed E-state index contributed by atoms with van der Waals surface area (Å²) in [6.45, 7) is 4.66. The number of aryl methyl sites for hydroxylation is 1. The van der Waals surface area contributed by atoms with E-state index in [1.165, 1.54) is 0 Å². The smallest absolute Gasteiger partial charge is 0.260 e. The maximum absolute atomic E-state index is 11.9. The summed E-state index contributed by atoms with van der Waals surface area (Å²) in [5.41, 5.74) is 0.866. The zero-order valence-corrected chi connectivity index (χ0v) is 12.7. The monoisotopic (exact) mass is 300 g/mol. The minimum absolute atomic E-state index is 0.152. The SMILES string of the molecule is Cc1ccc(NCCNC(=O)[C@@H](C)Oc2ccccc2)nn1. The van der Waals surface area contributed by atoms with Gasteiger partial charge in [-0.05, 0) is 38.1 Å². The van der Waals surface area contributed by atoms with E-state index in [0.717, 1.165) is 5.69 Å². The number of para-hydroxylation sites is 1. The van der Waals surface area contributed by atoms with Crippen LogP contribution in [0.25, 0.3) is 0 Å². The van der Waals surface area contributed by atoms with Crippen LogP contribution in [0, 0.1) is 6.92 Å². The molecule has 1 heterocycles. The van der Waals surface area contributed by atoms with Crippen molar-refractivity contribution in [1.82, 2.24) is 15.5 Å². The van der Waals surface area contributed by atoms with E-state index in [1.54, 1.807) is 6.92 Å². The highest BCUT2D eigenvalue weighted by Gasteiger charge is 2.13. The first-order valence-electron chi connectivity index (χ1n) is 7.19. The zero-order valence-electron chi connectivity index (χ0n) is 12.7. The van der Waals surface area contributed by atoms with Crippen molar-refractivity contribution in [1.29, 1.82) is 0 Å². The average Bonchev–Trinajstić information content (AvgIpc) is 2.54. The van der Waals surface area contributed by atoms with Crippen molar-refractivity contribution >= 4 is 11.7 Å². The maximum Gasteiger partial charge on any atom is 0.260 e. The second-order valence-electron chi connectivity index (χ2n) is 4.85. The maximum atomic E-state index is 11.9. The molecule has 0 radical (unpaired) electrons. The number of hydrogen-bond acceptors (Lipinski definition) is 5. The Hall–Kier alpha value is -2.63. The average molecular weight is 300 g/mol. The molecule has 6 nitrogen and oxygen atoms in total. The summed E-state index contributed by atoms with van der Waals surface area (Å²) in [6.07, 6.45) is -0.540. The highest BCUT2D eigenvalue weighted by Crippen LogP contribution is 2.10. The van der Waals surface area contributed by atoms with Crippen LogP contribution in [0.4, 0.5) is 5.82 Å². The van der Waals surface area contributed by atoms with Gasteiger partial charge in [-0.2, -0.15) is 5.10 Å². The number of ether oxygens (including phenoxy) is 1. The quantitative estimate of drug-likeness (QED) is 0.762. The number of benzene rings is 1. The fourth-order valence-corrected chi connectivity index (χ4v) is 1.77. The lowest BCUT2D eigenvalue weighted by molar-refractivity contribution is -0.127. The summed E-state index contributed by atoms with van der Waals surface area (Å²) < 4.78 is 5.55. The Balaban J connectivity index is 1.67. The van der Waals surface area contributed by atoms with Gasteiger partial charge in [-0.15, -0.1) is 5.10 Å². The summed E-state index contributed by atoms with van der Waals surface area (Å²) in [7, 11) is 0. The van der Waals surface area contributed by atoms with Gasteiger partial charge in [0.05, 0.1) is 5.69 Å². The van der Waals surface area contributed by atoms with Gasteiger partial charge in [-0.1, -0.05) is 18.2 Å². The fraction of sp³-hybridized carbons (Fsp3) is 0.312. The van der Waals surface area contributed by atoms with Gasteiger partial charge in [0.15, 0.2) is 6.10 Å². The molecule has 0 saturated carbocycles. The van der Waals surface area contributed by atoms with E-state index in [9.17, 15) is 4.79 Å². The first kappa shape index (κ1) is 15.8. The first-order chi connectivity index (χ1) is 10.6. The van der Waals surface area contributed by atoms with Crippen molar-refractivity contribution in [2.24, 2.45) is 0 Å².